The van der Waals surface area contributed by atoms with E-state index >= 15 is 0 Å². The Hall–Kier alpha value is -0.0800. The van der Waals surface area contributed by atoms with Gasteiger partial charge in [-0.1, -0.05) is 12.8 Å². The minimum absolute atomic E-state index is 0.516. The highest BCUT2D eigenvalue weighted by molar-refractivity contribution is 4.83. The lowest BCUT2D eigenvalue weighted by atomic mass is 9.92. The molecule has 2 unspecified atom stereocenters. The van der Waals surface area contributed by atoms with Gasteiger partial charge in [-0.25, -0.2) is 0 Å². The van der Waals surface area contributed by atoms with Crippen LogP contribution in [0.1, 0.15) is 51.4 Å². The summed E-state index contributed by atoms with van der Waals surface area (Å²) in [6, 6.07) is 1.55. The van der Waals surface area contributed by atoms with Gasteiger partial charge < -0.3 is 10.1 Å². The standard InChI is InChI=1S/C12H23NO/c1-14-12-8-4-7-11(9-12)13-10-5-2-3-6-10/h10-13H,2-9H2,1H3. The second-order valence-corrected chi connectivity index (χ2v) is 4.87. The van der Waals surface area contributed by atoms with Crippen molar-refractivity contribution in [2.24, 2.45) is 0 Å². The van der Waals surface area contributed by atoms with Crippen molar-refractivity contribution in [1.82, 2.24) is 5.32 Å². The van der Waals surface area contributed by atoms with Gasteiger partial charge in [0.1, 0.15) is 0 Å². The second kappa shape index (κ2) is 5.13. The van der Waals surface area contributed by atoms with E-state index in [1.54, 1.807) is 0 Å². The summed E-state index contributed by atoms with van der Waals surface area (Å²) in [5.41, 5.74) is 0. The van der Waals surface area contributed by atoms with Crippen molar-refractivity contribution in [3.05, 3.63) is 0 Å². The molecule has 0 saturated heterocycles. The average Bonchev–Trinajstić information content (AvgIpc) is 2.71. The van der Waals surface area contributed by atoms with Crippen LogP contribution in [-0.4, -0.2) is 25.3 Å². The van der Waals surface area contributed by atoms with Crippen LogP contribution in [0.4, 0.5) is 0 Å². The minimum atomic E-state index is 0.516. The number of nitrogens with one attached hydrogen (secondary N) is 1. The van der Waals surface area contributed by atoms with Gasteiger partial charge in [0.15, 0.2) is 0 Å². The largest absolute Gasteiger partial charge is 0.381 e. The first-order valence-corrected chi connectivity index (χ1v) is 6.17. The predicted molar refractivity (Wildman–Crippen MR) is 58.4 cm³/mol. The number of hydrogen-bond acceptors (Lipinski definition) is 2. The average molecular weight is 197 g/mol. The summed E-state index contributed by atoms with van der Waals surface area (Å²) in [5, 5.41) is 3.80. The summed E-state index contributed by atoms with van der Waals surface area (Å²) >= 11 is 0. The molecule has 2 heteroatoms. The topological polar surface area (TPSA) is 21.3 Å². The Kier molecular flexibility index (Phi) is 3.82. The van der Waals surface area contributed by atoms with Gasteiger partial charge in [-0.2, -0.15) is 0 Å². The summed E-state index contributed by atoms with van der Waals surface area (Å²) in [7, 11) is 1.85. The molecule has 0 aromatic rings. The first kappa shape index (κ1) is 10.4. The third-order valence-electron chi connectivity index (χ3n) is 3.79. The molecule has 2 rings (SSSR count). The third kappa shape index (κ3) is 2.71. The summed E-state index contributed by atoms with van der Waals surface area (Å²) in [6.07, 6.45) is 11.4. The van der Waals surface area contributed by atoms with Crippen LogP contribution in [-0.2, 0) is 4.74 Å². The molecule has 2 fully saturated rings. The number of hydrogen-bond donors (Lipinski definition) is 1. The van der Waals surface area contributed by atoms with Crippen molar-refractivity contribution >= 4 is 0 Å². The van der Waals surface area contributed by atoms with Crippen molar-refractivity contribution in [1.29, 1.82) is 0 Å². The van der Waals surface area contributed by atoms with E-state index in [0.29, 0.717) is 6.10 Å². The highest BCUT2D eigenvalue weighted by Crippen LogP contribution is 2.24. The van der Waals surface area contributed by atoms with Gasteiger partial charge in [-0.05, 0) is 38.5 Å². The molecule has 0 aromatic carbocycles. The van der Waals surface area contributed by atoms with E-state index in [1.807, 2.05) is 7.11 Å². The Morgan fingerprint density at radius 3 is 2.36 bits per heavy atom. The van der Waals surface area contributed by atoms with Crippen molar-refractivity contribution in [2.45, 2.75) is 69.6 Å². The van der Waals surface area contributed by atoms with Crippen molar-refractivity contribution in [3.8, 4) is 0 Å². The van der Waals surface area contributed by atoms with Crippen LogP contribution in [0, 0.1) is 0 Å². The quantitative estimate of drug-likeness (QED) is 0.750. The smallest absolute Gasteiger partial charge is 0.0586 e. The van der Waals surface area contributed by atoms with Crippen molar-refractivity contribution < 1.29 is 4.74 Å². The Labute approximate surface area is 87.4 Å². The molecule has 82 valence electrons. The van der Waals surface area contributed by atoms with Gasteiger partial charge in [-0.3, -0.25) is 0 Å². The Morgan fingerprint density at radius 1 is 0.929 bits per heavy atom. The molecule has 0 spiro atoms. The van der Waals surface area contributed by atoms with Gasteiger partial charge in [-0.15, -0.1) is 0 Å². The molecular formula is C12H23NO. The second-order valence-electron chi connectivity index (χ2n) is 4.87. The highest BCUT2D eigenvalue weighted by atomic mass is 16.5. The minimum Gasteiger partial charge on any atom is -0.381 e. The lowest BCUT2D eigenvalue weighted by Gasteiger charge is -2.31. The molecule has 2 aliphatic carbocycles. The van der Waals surface area contributed by atoms with E-state index in [-0.39, 0.29) is 0 Å². The molecule has 2 aliphatic rings. The molecule has 0 bridgehead atoms. The summed E-state index contributed by atoms with van der Waals surface area (Å²) < 4.78 is 5.45. The third-order valence-corrected chi connectivity index (χ3v) is 3.79. The van der Waals surface area contributed by atoms with E-state index in [2.05, 4.69) is 5.32 Å². The fourth-order valence-corrected chi connectivity index (χ4v) is 2.94. The lowest BCUT2D eigenvalue weighted by molar-refractivity contribution is 0.0570. The zero-order valence-electron chi connectivity index (χ0n) is 9.30. The van der Waals surface area contributed by atoms with Gasteiger partial charge in [0, 0.05) is 19.2 Å². The van der Waals surface area contributed by atoms with Gasteiger partial charge in [0.25, 0.3) is 0 Å². The SMILES string of the molecule is COC1CCCC(NC2CCCC2)C1. The van der Waals surface area contributed by atoms with E-state index in [0.717, 1.165) is 12.1 Å². The Balaban J connectivity index is 1.73. The van der Waals surface area contributed by atoms with Crippen LogP contribution in [0.25, 0.3) is 0 Å². The van der Waals surface area contributed by atoms with Crippen LogP contribution >= 0.6 is 0 Å². The molecule has 0 aliphatic heterocycles. The number of methoxy groups -OCH3 is 1. The van der Waals surface area contributed by atoms with E-state index in [4.69, 9.17) is 4.74 Å². The first-order chi connectivity index (χ1) is 6.88. The molecule has 0 radical (unpaired) electrons. The van der Waals surface area contributed by atoms with Crippen LogP contribution in [0.3, 0.4) is 0 Å². The fraction of sp³-hybridized carbons (Fsp3) is 1.00. The number of ether oxygens (including phenoxy) is 1. The monoisotopic (exact) mass is 197 g/mol. The van der Waals surface area contributed by atoms with Crippen LogP contribution < -0.4 is 5.32 Å². The highest BCUT2D eigenvalue weighted by Gasteiger charge is 2.24. The summed E-state index contributed by atoms with van der Waals surface area (Å²) in [6.45, 7) is 0. The van der Waals surface area contributed by atoms with Gasteiger partial charge in [0.05, 0.1) is 6.10 Å². The van der Waals surface area contributed by atoms with Gasteiger partial charge in [0.2, 0.25) is 0 Å². The Bertz CT molecular complexity index is 166. The van der Waals surface area contributed by atoms with E-state index in [9.17, 15) is 0 Å². The van der Waals surface area contributed by atoms with Crippen molar-refractivity contribution in [3.63, 3.8) is 0 Å². The van der Waals surface area contributed by atoms with E-state index < -0.39 is 0 Å². The Morgan fingerprint density at radius 2 is 1.64 bits per heavy atom. The van der Waals surface area contributed by atoms with Crippen LogP contribution in [0.5, 0.6) is 0 Å². The molecule has 0 amide bonds. The molecule has 2 atom stereocenters. The molecule has 2 nitrogen and oxygen atoms in total. The molecule has 0 aromatic heterocycles. The zero-order chi connectivity index (χ0) is 9.80. The summed E-state index contributed by atoms with van der Waals surface area (Å²) in [5.74, 6) is 0. The van der Waals surface area contributed by atoms with Crippen LogP contribution in [0.2, 0.25) is 0 Å². The maximum absolute atomic E-state index is 5.45. The van der Waals surface area contributed by atoms with E-state index in [1.165, 1.54) is 51.4 Å². The maximum atomic E-state index is 5.45. The normalized spacial score (nSPS) is 34.9. The molecule has 1 N–H and O–H groups in total. The molecule has 0 heterocycles. The molecule has 14 heavy (non-hydrogen) atoms. The summed E-state index contributed by atoms with van der Waals surface area (Å²) in [4.78, 5) is 0. The molecular weight excluding hydrogens is 174 g/mol. The zero-order valence-corrected chi connectivity index (χ0v) is 9.30. The lowest BCUT2D eigenvalue weighted by Crippen LogP contribution is -2.41. The molecule has 2 saturated carbocycles. The first-order valence-electron chi connectivity index (χ1n) is 6.17. The number of rotatable bonds is 3. The maximum Gasteiger partial charge on any atom is 0.0586 e. The van der Waals surface area contributed by atoms with Crippen LogP contribution in [0.15, 0.2) is 0 Å². The van der Waals surface area contributed by atoms with Gasteiger partial charge >= 0.3 is 0 Å². The predicted octanol–water partition coefficient (Wildman–Crippen LogP) is 2.48. The fourth-order valence-electron chi connectivity index (χ4n) is 2.94. The van der Waals surface area contributed by atoms with Crippen molar-refractivity contribution in [2.75, 3.05) is 7.11 Å².